The number of carbonyl (C=O) groups is 1. The number of nitrogens with zero attached hydrogens (tertiary/aromatic N) is 3. The Bertz CT molecular complexity index is 935. The Morgan fingerprint density at radius 1 is 1.33 bits per heavy atom. The van der Waals surface area contributed by atoms with E-state index in [4.69, 9.17) is 4.74 Å². The summed E-state index contributed by atoms with van der Waals surface area (Å²) in [6.07, 6.45) is 3.72. The van der Waals surface area contributed by atoms with Crippen LogP contribution in [0.2, 0.25) is 0 Å². The summed E-state index contributed by atoms with van der Waals surface area (Å²) in [5.74, 6) is -1.19. The Morgan fingerprint density at radius 3 is 2.93 bits per heavy atom. The average Bonchev–Trinajstić information content (AvgIpc) is 2.73. The maximum absolute atomic E-state index is 13.7. The van der Waals surface area contributed by atoms with Crippen molar-refractivity contribution in [1.82, 2.24) is 15.1 Å². The summed E-state index contributed by atoms with van der Waals surface area (Å²) in [7, 11) is 1.57. The van der Waals surface area contributed by atoms with E-state index in [-0.39, 0.29) is 35.9 Å². The fourth-order valence-corrected chi connectivity index (χ4v) is 3.62. The molecule has 1 N–H and O–H groups in total. The number of halogens is 2. The van der Waals surface area contributed by atoms with Crippen LogP contribution >= 0.6 is 0 Å². The molecule has 9 heteroatoms. The number of hydrogen-bond acceptors (Lipinski definition) is 5. The molecule has 1 unspecified atom stereocenters. The van der Waals surface area contributed by atoms with E-state index in [1.165, 1.54) is 4.68 Å². The summed E-state index contributed by atoms with van der Waals surface area (Å²) in [6, 6.07) is 4.73. The summed E-state index contributed by atoms with van der Waals surface area (Å²) in [6.45, 7) is 2.17. The first-order chi connectivity index (χ1) is 14.5. The number of piperidine rings is 1. The van der Waals surface area contributed by atoms with Crippen LogP contribution in [-0.4, -0.2) is 42.5 Å². The van der Waals surface area contributed by atoms with Gasteiger partial charge in [0.1, 0.15) is 11.6 Å². The van der Waals surface area contributed by atoms with Gasteiger partial charge in [0.15, 0.2) is 0 Å². The first kappa shape index (κ1) is 21.9. The molecule has 1 fully saturated rings. The number of rotatable bonds is 8. The molecule has 3 rings (SSSR count). The van der Waals surface area contributed by atoms with E-state index >= 15 is 0 Å². The number of amides is 1. The third-order valence-corrected chi connectivity index (χ3v) is 5.20. The molecule has 1 aliphatic heterocycles. The molecule has 7 nitrogen and oxygen atoms in total. The molecule has 0 aliphatic carbocycles. The topological polar surface area (TPSA) is 76.5 Å². The second-order valence-electron chi connectivity index (χ2n) is 7.44. The summed E-state index contributed by atoms with van der Waals surface area (Å²) >= 11 is 0. The van der Waals surface area contributed by atoms with Crippen molar-refractivity contribution in [3.05, 3.63) is 58.0 Å². The number of hydrogen-bond donors (Lipinski definition) is 1. The lowest BCUT2D eigenvalue weighted by Crippen LogP contribution is -2.39. The Hall–Kier alpha value is -2.81. The molecule has 1 aliphatic rings. The molecule has 0 bridgehead atoms. The Labute approximate surface area is 173 Å². The van der Waals surface area contributed by atoms with Gasteiger partial charge in [-0.15, -0.1) is 0 Å². The lowest BCUT2D eigenvalue weighted by molar-refractivity contribution is -0.122. The van der Waals surface area contributed by atoms with Crippen LogP contribution in [0.1, 0.15) is 24.8 Å². The van der Waals surface area contributed by atoms with Crippen molar-refractivity contribution in [1.29, 1.82) is 0 Å². The van der Waals surface area contributed by atoms with Gasteiger partial charge >= 0.3 is 0 Å². The van der Waals surface area contributed by atoms with Gasteiger partial charge in [0.2, 0.25) is 5.91 Å². The van der Waals surface area contributed by atoms with Gasteiger partial charge in [0.25, 0.3) is 5.56 Å². The first-order valence-electron chi connectivity index (χ1n) is 9.98. The van der Waals surface area contributed by atoms with E-state index in [9.17, 15) is 18.4 Å². The number of ether oxygens (including phenoxy) is 1. The van der Waals surface area contributed by atoms with Gasteiger partial charge < -0.3 is 15.0 Å². The van der Waals surface area contributed by atoms with E-state index in [0.29, 0.717) is 19.7 Å². The minimum absolute atomic E-state index is 0.0531. The highest BCUT2D eigenvalue weighted by molar-refractivity contribution is 5.76. The molecule has 30 heavy (non-hydrogen) atoms. The van der Waals surface area contributed by atoms with E-state index < -0.39 is 11.6 Å². The molecule has 0 saturated carbocycles. The van der Waals surface area contributed by atoms with Crippen LogP contribution in [0.3, 0.4) is 0 Å². The molecule has 2 heterocycles. The highest BCUT2D eigenvalue weighted by Gasteiger charge is 2.23. The average molecular weight is 420 g/mol. The van der Waals surface area contributed by atoms with E-state index in [1.807, 2.05) is 0 Å². The molecule has 1 aromatic heterocycles. The number of nitrogens with one attached hydrogen (secondary N) is 1. The normalized spacial score (nSPS) is 16.5. The quantitative estimate of drug-likeness (QED) is 0.708. The smallest absolute Gasteiger partial charge is 0.268 e. The van der Waals surface area contributed by atoms with Gasteiger partial charge in [-0.25, -0.2) is 13.5 Å². The van der Waals surface area contributed by atoms with Crippen molar-refractivity contribution < 1.29 is 18.3 Å². The summed E-state index contributed by atoms with van der Waals surface area (Å²) in [4.78, 5) is 26.6. The van der Waals surface area contributed by atoms with E-state index in [2.05, 4.69) is 15.3 Å². The fourth-order valence-electron chi connectivity index (χ4n) is 3.62. The van der Waals surface area contributed by atoms with Crippen LogP contribution < -0.4 is 15.8 Å². The van der Waals surface area contributed by atoms with Crippen LogP contribution in [-0.2, 0) is 22.6 Å². The number of carbonyl (C=O) groups excluding carboxylic acids is 1. The monoisotopic (exact) mass is 420 g/mol. The lowest BCUT2D eigenvalue weighted by atomic mass is 9.94. The Morgan fingerprint density at radius 2 is 2.17 bits per heavy atom. The van der Waals surface area contributed by atoms with Crippen molar-refractivity contribution >= 4 is 11.6 Å². The SMILES string of the molecule is COCCn1ncc(N2CCCC(CC(=O)NCc3cc(F)ccc3F)C2)cc1=O. The second kappa shape index (κ2) is 10.3. The standard InChI is InChI=1S/C21H26F2N4O3/c1-30-8-7-27-21(29)11-18(13-25-27)26-6-2-3-15(14-26)9-20(28)24-12-16-10-17(22)4-5-19(16)23/h4-5,10-11,13,15H,2-3,6-9,12,14H2,1H3,(H,24,28). The number of anilines is 1. The minimum atomic E-state index is -0.548. The molecule has 1 saturated heterocycles. The third kappa shape index (κ3) is 5.85. The second-order valence-corrected chi connectivity index (χ2v) is 7.44. The maximum Gasteiger partial charge on any atom is 0.268 e. The molecule has 0 spiro atoms. The number of aromatic nitrogens is 2. The summed E-state index contributed by atoms with van der Waals surface area (Å²) in [5, 5.41) is 6.86. The molecule has 0 radical (unpaired) electrons. The van der Waals surface area contributed by atoms with E-state index in [1.54, 1.807) is 19.4 Å². The maximum atomic E-state index is 13.7. The van der Waals surface area contributed by atoms with Crippen molar-refractivity contribution in [2.75, 3.05) is 31.7 Å². The van der Waals surface area contributed by atoms with Crippen molar-refractivity contribution in [3.63, 3.8) is 0 Å². The van der Waals surface area contributed by atoms with Gasteiger partial charge in [0.05, 0.1) is 25.0 Å². The zero-order valence-corrected chi connectivity index (χ0v) is 16.9. The Kier molecular flexibility index (Phi) is 7.51. The van der Waals surface area contributed by atoms with Crippen molar-refractivity contribution in [3.8, 4) is 0 Å². The predicted octanol–water partition coefficient (Wildman–Crippen LogP) is 2.09. The highest BCUT2D eigenvalue weighted by Crippen LogP contribution is 2.24. The van der Waals surface area contributed by atoms with Crippen LogP contribution in [0.5, 0.6) is 0 Å². The predicted molar refractivity (Wildman–Crippen MR) is 108 cm³/mol. The third-order valence-electron chi connectivity index (χ3n) is 5.20. The van der Waals surface area contributed by atoms with Crippen LogP contribution in [0.4, 0.5) is 14.5 Å². The molecular weight excluding hydrogens is 394 g/mol. The molecule has 1 aromatic carbocycles. The molecule has 1 amide bonds. The van der Waals surface area contributed by atoms with Crippen molar-refractivity contribution in [2.24, 2.45) is 5.92 Å². The molecule has 162 valence electrons. The number of methoxy groups -OCH3 is 1. The van der Waals surface area contributed by atoms with E-state index in [0.717, 1.165) is 43.3 Å². The van der Waals surface area contributed by atoms with Gasteiger partial charge in [-0.3, -0.25) is 9.59 Å². The lowest BCUT2D eigenvalue weighted by Gasteiger charge is -2.34. The van der Waals surface area contributed by atoms with Crippen molar-refractivity contribution in [2.45, 2.75) is 32.4 Å². The van der Waals surface area contributed by atoms with Crippen LogP contribution in [0.15, 0.2) is 35.3 Å². The summed E-state index contributed by atoms with van der Waals surface area (Å²) < 4.78 is 33.3. The zero-order valence-electron chi connectivity index (χ0n) is 16.9. The van der Waals surface area contributed by atoms with Gasteiger partial charge in [-0.2, -0.15) is 5.10 Å². The molecule has 1 atom stereocenters. The Balaban J connectivity index is 1.54. The first-order valence-corrected chi connectivity index (χ1v) is 9.98. The largest absolute Gasteiger partial charge is 0.383 e. The molecule has 2 aromatic rings. The van der Waals surface area contributed by atoms with Gasteiger partial charge in [-0.05, 0) is 37.0 Å². The summed E-state index contributed by atoms with van der Waals surface area (Å²) in [5.41, 5.74) is 0.663. The fraction of sp³-hybridized carbons (Fsp3) is 0.476. The molecular formula is C21H26F2N4O3. The minimum Gasteiger partial charge on any atom is -0.383 e. The number of benzene rings is 1. The van der Waals surface area contributed by atoms with Crippen LogP contribution in [0.25, 0.3) is 0 Å². The van der Waals surface area contributed by atoms with Crippen LogP contribution in [0, 0.1) is 17.6 Å². The van der Waals surface area contributed by atoms with Gasteiger partial charge in [0, 0.05) is 44.8 Å². The zero-order chi connectivity index (χ0) is 21.5. The highest BCUT2D eigenvalue weighted by atomic mass is 19.1. The van der Waals surface area contributed by atoms with Gasteiger partial charge in [-0.1, -0.05) is 0 Å².